The van der Waals surface area contributed by atoms with E-state index in [9.17, 15) is 4.79 Å². The lowest BCUT2D eigenvalue weighted by Gasteiger charge is -2.31. The number of likely N-dealkylation sites (tertiary alicyclic amines) is 1. The van der Waals surface area contributed by atoms with E-state index >= 15 is 0 Å². The van der Waals surface area contributed by atoms with Crippen LogP contribution < -0.4 is 5.32 Å². The predicted octanol–water partition coefficient (Wildman–Crippen LogP) is 4.57. The summed E-state index contributed by atoms with van der Waals surface area (Å²) in [6, 6.07) is 22.5. The average Bonchev–Trinajstić information content (AvgIpc) is 3.10. The molecular formula is C23H26N4O. The topological polar surface area (TPSA) is 50.2 Å². The second-order valence-corrected chi connectivity index (χ2v) is 7.45. The van der Waals surface area contributed by atoms with Gasteiger partial charge in [-0.05, 0) is 36.3 Å². The van der Waals surface area contributed by atoms with E-state index in [0.717, 1.165) is 43.6 Å². The molecule has 0 aliphatic carbocycles. The number of anilines is 1. The fraction of sp³-hybridized carbons (Fsp3) is 0.304. The summed E-state index contributed by atoms with van der Waals surface area (Å²) in [4.78, 5) is 14.6. The van der Waals surface area contributed by atoms with Crippen LogP contribution in [0.1, 0.15) is 18.4 Å². The summed E-state index contributed by atoms with van der Waals surface area (Å²) in [5, 5.41) is 7.41. The maximum atomic E-state index is 12.7. The van der Waals surface area contributed by atoms with Gasteiger partial charge in [-0.15, -0.1) is 0 Å². The second-order valence-electron chi connectivity index (χ2n) is 7.45. The van der Waals surface area contributed by atoms with E-state index in [4.69, 9.17) is 0 Å². The van der Waals surface area contributed by atoms with Gasteiger partial charge >= 0.3 is 6.03 Å². The van der Waals surface area contributed by atoms with Gasteiger partial charge in [-0.1, -0.05) is 60.7 Å². The number of nitrogens with one attached hydrogen (secondary N) is 1. The van der Waals surface area contributed by atoms with Crippen molar-refractivity contribution in [3.63, 3.8) is 0 Å². The van der Waals surface area contributed by atoms with E-state index < -0.39 is 0 Å². The number of piperidine rings is 1. The van der Waals surface area contributed by atoms with Crippen molar-refractivity contribution in [2.45, 2.75) is 19.3 Å². The molecule has 0 radical (unpaired) electrons. The molecule has 3 aromatic rings. The minimum absolute atomic E-state index is 0.0594. The molecular weight excluding hydrogens is 348 g/mol. The first-order chi connectivity index (χ1) is 13.7. The van der Waals surface area contributed by atoms with Crippen LogP contribution in [0, 0.1) is 5.92 Å². The molecule has 5 nitrogen and oxygen atoms in total. The average molecular weight is 374 g/mol. The molecule has 2 heterocycles. The Kier molecular flexibility index (Phi) is 5.42. The van der Waals surface area contributed by atoms with E-state index in [1.54, 1.807) is 4.68 Å². The number of amides is 2. The van der Waals surface area contributed by atoms with E-state index in [-0.39, 0.29) is 6.03 Å². The van der Waals surface area contributed by atoms with Crippen molar-refractivity contribution in [3.05, 3.63) is 72.3 Å². The number of urea groups is 1. The smallest absolute Gasteiger partial charge is 0.323 e. The van der Waals surface area contributed by atoms with E-state index in [1.807, 2.05) is 48.3 Å². The van der Waals surface area contributed by atoms with Crippen molar-refractivity contribution < 1.29 is 4.79 Å². The van der Waals surface area contributed by atoms with E-state index in [1.165, 1.54) is 5.56 Å². The molecule has 4 rings (SSSR count). The molecule has 0 unspecified atom stereocenters. The Balaban J connectivity index is 1.33. The summed E-state index contributed by atoms with van der Waals surface area (Å²) >= 11 is 0. The summed E-state index contributed by atoms with van der Waals surface area (Å²) in [6.07, 6.45) is 3.18. The largest absolute Gasteiger partial charge is 0.324 e. The number of rotatable bonds is 4. The van der Waals surface area contributed by atoms with Crippen molar-refractivity contribution in [3.8, 4) is 11.3 Å². The third kappa shape index (κ3) is 4.25. The molecule has 2 amide bonds. The Morgan fingerprint density at radius 3 is 2.36 bits per heavy atom. The number of nitrogens with zero attached hydrogens (tertiary/aromatic N) is 3. The van der Waals surface area contributed by atoms with Crippen molar-refractivity contribution in [1.29, 1.82) is 0 Å². The van der Waals surface area contributed by atoms with Gasteiger partial charge in [0.1, 0.15) is 0 Å². The van der Waals surface area contributed by atoms with Crippen LogP contribution in [0.3, 0.4) is 0 Å². The standard InChI is InChI=1S/C23H26N4O/c1-26-21(20-10-6-3-7-11-20)17-22(25-26)24-23(28)27-14-12-19(13-15-27)16-18-8-4-2-5-9-18/h2-11,17,19H,12-16H2,1H3,(H,24,25,28). The quantitative estimate of drug-likeness (QED) is 0.727. The number of aromatic nitrogens is 2. The Bertz CT molecular complexity index is 912. The van der Waals surface area contributed by atoms with Gasteiger partial charge in [0.15, 0.2) is 5.82 Å². The lowest BCUT2D eigenvalue weighted by atomic mass is 9.90. The molecule has 1 aromatic heterocycles. The highest BCUT2D eigenvalue weighted by molar-refractivity contribution is 5.89. The zero-order valence-electron chi connectivity index (χ0n) is 16.2. The first-order valence-corrected chi connectivity index (χ1v) is 9.88. The third-order valence-electron chi connectivity index (χ3n) is 5.45. The van der Waals surface area contributed by atoms with Gasteiger partial charge in [0.2, 0.25) is 0 Å². The van der Waals surface area contributed by atoms with Crippen LogP contribution in [-0.4, -0.2) is 33.8 Å². The Labute approximate surface area is 166 Å². The minimum atomic E-state index is -0.0594. The monoisotopic (exact) mass is 374 g/mol. The molecule has 5 heteroatoms. The molecule has 0 atom stereocenters. The molecule has 0 spiro atoms. The first-order valence-electron chi connectivity index (χ1n) is 9.88. The molecule has 1 aliphatic rings. The Morgan fingerprint density at radius 1 is 1.04 bits per heavy atom. The van der Waals surface area contributed by atoms with Crippen molar-refractivity contribution >= 4 is 11.8 Å². The molecule has 1 saturated heterocycles. The SMILES string of the molecule is Cn1nc(NC(=O)N2CCC(Cc3ccccc3)CC2)cc1-c1ccccc1. The van der Waals surface area contributed by atoms with Crippen LogP contribution in [0.15, 0.2) is 66.7 Å². The maximum Gasteiger partial charge on any atom is 0.323 e. The summed E-state index contributed by atoms with van der Waals surface area (Å²) in [7, 11) is 1.90. The van der Waals surface area contributed by atoms with Crippen LogP contribution in [0.4, 0.5) is 10.6 Å². The molecule has 1 N–H and O–H groups in total. The van der Waals surface area contributed by atoms with Gasteiger partial charge in [-0.2, -0.15) is 5.10 Å². The van der Waals surface area contributed by atoms with Gasteiger partial charge < -0.3 is 4.90 Å². The highest BCUT2D eigenvalue weighted by Crippen LogP contribution is 2.24. The normalized spacial score (nSPS) is 14.8. The van der Waals surface area contributed by atoms with Gasteiger partial charge in [0, 0.05) is 26.2 Å². The van der Waals surface area contributed by atoms with E-state index in [2.05, 4.69) is 40.7 Å². The van der Waals surface area contributed by atoms with Crippen LogP contribution in [-0.2, 0) is 13.5 Å². The first kappa shape index (κ1) is 18.3. The van der Waals surface area contributed by atoms with Crippen molar-refractivity contribution in [1.82, 2.24) is 14.7 Å². The number of carbonyl (C=O) groups excluding carboxylic acids is 1. The Hall–Kier alpha value is -3.08. The number of hydrogen-bond donors (Lipinski definition) is 1. The molecule has 0 bridgehead atoms. The molecule has 1 fully saturated rings. The minimum Gasteiger partial charge on any atom is -0.324 e. The number of aryl methyl sites for hydroxylation is 1. The maximum absolute atomic E-state index is 12.7. The lowest BCUT2D eigenvalue weighted by molar-refractivity contribution is 0.182. The number of benzene rings is 2. The van der Waals surface area contributed by atoms with Crippen LogP contribution in [0.2, 0.25) is 0 Å². The summed E-state index contributed by atoms with van der Waals surface area (Å²) in [5.74, 6) is 1.24. The number of hydrogen-bond acceptors (Lipinski definition) is 2. The van der Waals surface area contributed by atoms with Gasteiger partial charge in [0.25, 0.3) is 0 Å². The summed E-state index contributed by atoms with van der Waals surface area (Å²) in [6.45, 7) is 1.59. The van der Waals surface area contributed by atoms with Crippen molar-refractivity contribution in [2.75, 3.05) is 18.4 Å². The molecule has 144 valence electrons. The van der Waals surface area contributed by atoms with Crippen molar-refractivity contribution in [2.24, 2.45) is 13.0 Å². The predicted molar refractivity (Wildman–Crippen MR) is 112 cm³/mol. The molecule has 28 heavy (non-hydrogen) atoms. The number of carbonyl (C=O) groups is 1. The zero-order valence-corrected chi connectivity index (χ0v) is 16.2. The highest BCUT2D eigenvalue weighted by atomic mass is 16.2. The zero-order chi connectivity index (χ0) is 19.3. The lowest BCUT2D eigenvalue weighted by Crippen LogP contribution is -2.41. The molecule has 1 aliphatic heterocycles. The van der Waals surface area contributed by atoms with Crippen LogP contribution in [0.25, 0.3) is 11.3 Å². The van der Waals surface area contributed by atoms with Gasteiger partial charge in [-0.25, -0.2) is 4.79 Å². The Morgan fingerprint density at radius 2 is 1.68 bits per heavy atom. The van der Waals surface area contributed by atoms with Gasteiger partial charge in [-0.3, -0.25) is 10.00 Å². The fourth-order valence-corrected chi connectivity index (χ4v) is 3.88. The second kappa shape index (κ2) is 8.30. The molecule has 2 aromatic carbocycles. The van der Waals surface area contributed by atoms with Gasteiger partial charge in [0.05, 0.1) is 5.69 Å². The fourth-order valence-electron chi connectivity index (χ4n) is 3.88. The molecule has 0 saturated carbocycles. The van der Waals surface area contributed by atoms with Crippen LogP contribution >= 0.6 is 0 Å². The summed E-state index contributed by atoms with van der Waals surface area (Å²) in [5.41, 5.74) is 3.45. The highest BCUT2D eigenvalue weighted by Gasteiger charge is 2.23. The van der Waals surface area contributed by atoms with Crippen LogP contribution in [0.5, 0.6) is 0 Å². The summed E-state index contributed by atoms with van der Waals surface area (Å²) < 4.78 is 1.80. The van der Waals surface area contributed by atoms with E-state index in [0.29, 0.717) is 11.7 Å². The third-order valence-corrected chi connectivity index (χ3v) is 5.45.